The van der Waals surface area contributed by atoms with Crippen molar-refractivity contribution in [2.24, 2.45) is 0 Å². The molecule has 0 fully saturated rings. The molecule has 0 atom stereocenters. The van der Waals surface area contributed by atoms with Gasteiger partial charge in [-0.2, -0.15) is 0 Å². The molecule has 0 aliphatic heterocycles. The Hall–Kier alpha value is -1.58. The fourth-order valence-corrected chi connectivity index (χ4v) is 1.81. The maximum Gasteiger partial charge on any atom is 0.374 e. The van der Waals surface area contributed by atoms with Crippen LogP contribution in [0.15, 0.2) is 24.0 Å². The van der Waals surface area contributed by atoms with E-state index in [9.17, 15) is 9.59 Å². The molecule has 4 nitrogen and oxygen atoms in total. The van der Waals surface area contributed by atoms with Crippen LogP contribution in [0.1, 0.15) is 59.3 Å². The van der Waals surface area contributed by atoms with Gasteiger partial charge in [0.25, 0.3) is 0 Å². The minimum Gasteiger partial charge on any atom is -0.460 e. The molecule has 114 valence electrons. The third-order valence-electron chi connectivity index (χ3n) is 2.91. The summed E-state index contributed by atoms with van der Waals surface area (Å²) in [6.45, 7) is 9.40. The van der Waals surface area contributed by atoms with Gasteiger partial charge in [-0.1, -0.05) is 39.7 Å². The van der Waals surface area contributed by atoms with Crippen LogP contribution in [0.25, 0.3) is 0 Å². The second-order valence-electron chi connectivity index (χ2n) is 4.44. The number of carbonyl (C=O) groups excluding carboxylic acids is 2. The number of unbranched alkanes of at least 4 members (excludes halogenated alkanes) is 3. The zero-order valence-corrected chi connectivity index (χ0v) is 12.9. The summed E-state index contributed by atoms with van der Waals surface area (Å²) in [5, 5.41) is 0. The molecular formula is C16H26O4. The molecule has 0 unspecified atom stereocenters. The number of esters is 2. The zero-order chi connectivity index (χ0) is 15.4. The van der Waals surface area contributed by atoms with E-state index in [1.54, 1.807) is 6.92 Å². The maximum absolute atomic E-state index is 11.9. The van der Waals surface area contributed by atoms with Gasteiger partial charge in [-0.05, 0) is 31.8 Å². The van der Waals surface area contributed by atoms with Crippen molar-refractivity contribution in [1.82, 2.24) is 0 Å². The highest BCUT2D eigenvalue weighted by Crippen LogP contribution is 2.20. The number of hydrogen-bond donors (Lipinski definition) is 0. The lowest BCUT2D eigenvalue weighted by Crippen LogP contribution is -2.16. The zero-order valence-electron chi connectivity index (χ0n) is 12.9. The molecule has 0 radical (unpaired) electrons. The van der Waals surface area contributed by atoms with Gasteiger partial charge in [0.2, 0.25) is 5.76 Å². The van der Waals surface area contributed by atoms with Crippen molar-refractivity contribution in [3.8, 4) is 0 Å². The molecule has 20 heavy (non-hydrogen) atoms. The van der Waals surface area contributed by atoms with Crippen molar-refractivity contribution in [3.05, 3.63) is 24.0 Å². The molecule has 0 heterocycles. The van der Waals surface area contributed by atoms with Gasteiger partial charge in [-0.25, -0.2) is 9.59 Å². The summed E-state index contributed by atoms with van der Waals surface area (Å²) in [5.41, 5.74) is 0.828. The first-order valence-electron chi connectivity index (χ1n) is 7.33. The average molecular weight is 282 g/mol. The third-order valence-corrected chi connectivity index (χ3v) is 2.91. The summed E-state index contributed by atoms with van der Waals surface area (Å²) >= 11 is 0. The summed E-state index contributed by atoms with van der Waals surface area (Å²) in [7, 11) is 0. The second-order valence-corrected chi connectivity index (χ2v) is 4.44. The fourth-order valence-electron chi connectivity index (χ4n) is 1.81. The second kappa shape index (κ2) is 11.3. The van der Waals surface area contributed by atoms with Crippen LogP contribution in [0.2, 0.25) is 0 Å². The number of allylic oxidation sites excluding steroid dienone is 1. The van der Waals surface area contributed by atoms with Crippen molar-refractivity contribution in [2.75, 3.05) is 6.61 Å². The minimum atomic E-state index is -0.632. The van der Waals surface area contributed by atoms with E-state index in [-0.39, 0.29) is 12.4 Å². The number of hydrogen-bond acceptors (Lipinski definition) is 4. The Kier molecular flexibility index (Phi) is 10.4. The Morgan fingerprint density at radius 3 is 2.30 bits per heavy atom. The molecule has 0 rings (SSSR count). The van der Waals surface area contributed by atoms with Crippen LogP contribution >= 0.6 is 0 Å². The van der Waals surface area contributed by atoms with E-state index in [1.165, 1.54) is 0 Å². The number of rotatable bonds is 10. The van der Waals surface area contributed by atoms with Crippen molar-refractivity contribution in [1.29, 1.82) is 0 Å². The Morgan fingerprint density at radius 1 is 1.10 bits per heavy atom. The molecule has 0 aromatic rings. The van der Waals surface area contributed by atoms with Crippen LogP contribution in [0.3, 0.4) is 0 Å². The molecule has 0 N–H and O–H groups in total. The molecule has 0 aliphatic carbocycles. The van der Waals surface area contributed by atoms with Crippen molar-refractivity contribution < 1.29 is 19.1 Å². The first kappa shape index (κ1) is 18.4. The summed E-state index contributed by atoms with van der Waals surface area (Å²) in [6, 6.07) is 0. The molecule has 0 aliphatic rings. The van der Waals surface area contributed by atoms with Gasteiger partial charge in [0.05, 0.1) is 6.61 Å². The molecule has 0 amide bonds. The highest BCUT2D eigenvalue weighted by molar-refractivity contribution is 5.92. The van der Waals surface area contributed by atoms with Gasteiger partial charge >= 0.3 is 11.9 Å². The molecule has 4 heteroatoms. The van der Waals surface area contributed by atoms with Gasteiger partial charge in [-0.3, -0.25) is 0 Å². The van der Waals surface area contributed by atoms with Crippen LogP contribution in [-0.2, 0) is 19.1 Å². The van der Waals surface area contributed by atoms with Crippen LogP contribution in [-0.4, -0.2) is 18.5 Å². The van der Waals surface area contributed by atoms with Gasteiger partial charge in [-0.15, -0.1) is 0 Å². The van der Waals surface area contributed by atoms with Crippen LogP contribution in [0, 0.1) is 0 Å². The van der Waals surface area contributed by atoms with Gasteiger partial charge < -0.3 is 9.47 Å². The van der Waals surface area contributed by atoms with Crippen molar-refractivity contribution in [2.45, 2.75) is 59.3 Å². The van der Waals surface area contributed by atoms with E-state index in [0.29, 0.717) is 6.42 Å². The van der Waals surface area contributed by atoms with Gasteiger partial charge in [0.1, 0.15) is 0 Å². The molecule has 0 saturated carbocycles. The number of ether oxygens (including phenoxy) is 2. The Labute approximate surface area is 121 Å². The molecule has 0 spiro atoms. The van der Waals surface area contributed by atoms with E-state index in [4.69, 9.17) is 9.47 Å². The number of carbonyl (C=O) groups is 2. The Balaban J connectivity index is 4.95. The van der Waals surface area contributed by atoms with Crippen LogP contribution < -0.4 is 0 Å². The summed E-state index contributed by atoms with van der Waals surface area (Å²) < 4.78 is 10.0. The molecular weight excluding hydrogens is 256 g/mol. The van der Waals surface area contributed by atoms with Gasteiger partial charge in [0, 0.05) is 6.08 Å². The Morgan fingerprint density at radius 2 is 1.80 bits per heavy atom. The highest BCUT2D eigenvalue weighted by atomic mass is 16.6. The fraction of sp³-hybridized carbons (Fsp3) is 0.625. The monoisotopic (exact) mass is 282 g/mol. The highest BCUT2D eigenvalue weighted by Gasteiger charge is 2.19. The van der Waals surface area contributed by atoms with E-state index < -0.39 is 11.9 Å². The topological polar surface area (TPSA) is 52.6 Å². The van der Waals surface area contributed by atoms with Crippen molar-refractivity contribution >= 4 is 11.9 Å². The lowest BCUT2D eigenvalue weighted by atomic mass is 10.0. The SMILES string of the molecule is C=CC(=O)O/C(C(=O)OCC)=C(\CC)CCCCCC. The summed E-state index contributed by atoms with van der Waals surface area (Å²) in [5.74, 6) is -1.17. The van der Waals surface area contributed by atoms with E-state index in [0.717, 1.165) is 43.8 Å². The predicted molar refractivity (Wildman–Crippen MR) is 79.0 cm³/mol. The van der Waals surface area contributed by atoms with Crippen LogP contribution in [0.5, 0.6) is 0 Å². The quantitative estimate of drug-likeness (QED) is 0.264. The molecule has 0 saturated heterocycles. The minimum absolute atomic E-state index is 0.0377. The smallest absolute Gasteiger partial charge is 0.374 e. The maximum atomic E-state index is 11.9. The average Bonchev–Trinajstić information content (AvgIpc) is 2.45. The first-order chi connectivity index (χ1) is 9.60. The van der Waals surface area contributed by atoms with Gasteiger partial charge in [0.15, 0.2) is 0 Å². The van der Waals surface area contributed by atoms with E-state index in [2.05, 4.69) is 13.5 Å². The van der Waals surface area contributed by atoms with Crippen LogP contribution in [0.4, 0.5) is 0 Å². The molecule has 0 bridgehead atoms. The lowest BCUT2D eigenvalue weighted by molar-refractivity contribution is -0.149. The molecule has 0 aromatic heterocycles. The standard InChI is InChI=1S/C16H26O4/c1-5-9-10-11-12-13(6-2)15(16(18)19-8-4)20-14(17)7-3/h7H,3,5-6,8-12H2,1-2,4H3/b15-13+. The van der Waals surface area contributed by atoms with E-state index >= 15 is 0 Å². The van der Waals surface area contributed by atoms with Crippen molar-refractivity contribution in [3.63, 3.8) is 0 Å². The third kappa shape index (κ3) is 7.12. The normalized spacial score (nSPS) is 11.6. The predicted octanol–water partition coefficient (Wildman–Crippen LogP) is 3.91. The molecule has 0 aromatic carbocycles. The Bertz CT molecular complexity index is 355. The van der Waals surface area contributed by atoms with E-state index in [1.807, 2.05) is 6.92 Å². The largest absolute Gasteiger partial charge is 0.460 e. The lowest BCUT2D eigenvalue weighted by Gasteiger charge is -2.12. The summed E-state index contributed by atoms with van der Waals surface area (Å²) in [6.07, 6.45) is 6.85. The summed E-state index contributed by atoms with van der Waals surface area (Å²) in [4.78, 5) is 23.2. The first-order valence-corrected chi connectivity index (χ1v) is 7.33.